The molecular weight excluding hydrogens is 270 g/mol. The SMILES string of the molecule is COC(C)CCC(=O)Nc1cccc(Cl)c1C(=O)O. The van der Waals surface area contributed by atoms with Crippen LogP contribution in [0.5, 0.6) is 0 Å². The molecule has 0 heterocycles. The number of aromatic carboxylic acids is 1. The Morgan fingerprint density at radius 3 is 2.74 bits per heavy atom. The number of rotatable bonds is 6. The zero-order chi connectivity index (χ0) is 14.4. The minimum absolute atomic E-state index is 0.0240. The van der Waals surface area contributed by atoms with E-state index in [1.807, 2.05) is 6.92 Å². The largest absolute Gasteiger partial charge is 0.478 e. The van der Waals surface area contributed by atoms with Crippen molar-refractivity contribution in [2.45, 2.75) is 25.9 Å². The molecule has 1 aromatic carbocycles. The predicted octanol–water partition coefficient (Wildman–Crippen LogP) is 2.79. The number of carboxylic acids is 1. The summed E-state index contributed by atoms with van der Waals surface area (Å²) in [5.74, 6) is -1.44. The molecule has 0 aromatic heterocycles. The van der Waals surface area contributed by atoms with Gasteiger partial charge in [0.05, 0.1) is 16.8 Å². The predicted molar refractivity (Wildman–Crippen MR) is 72.7 cm³/mol. The Hall–Kier alpha value is -1.59. The van der Waals surface area contributed by atoms with Crippen LogP contribution in [-0.4, -0.2) is 30.2 Å². The molecule has 1 rings (SSSR count). The van der Waals surface area contributed by atoms with Crippen LogP contribution in [0.1, 0.15) is 30.1 Å². The van der Waals surface area contributed by atoms with Crippen molar-refractivity contribution in [3.05, 3.63) is 28.8 Å². The van der Waals surface area contributed by atoms with E-state index in [-0.39, 0.29) is 34.7 Å². The highest BCUT2D eigenvalue weighted by atomic mass is 35.5. The van der Waals surface area contributed by atoms with Gasteiger partial charge in [-0.15, -0.1) is 0 Å². The second-order valence-corrected chi connectivity index (χ2v) is 4.51. The third-order valence-electron chi connectivity index (χ3n) is 2.68. The normalized spacial score (nSPS) is 11.9. The molecule has 0 saturated heterocycles. The monoisotopic (exact) mass is 285 g/mol. The first kappa shape index (κ1) is 15.5. The average Bonchev–Trinajstić information content (AvgIpc) is 2.35. The van der Waals surface area contributed by atoms with Crippen molar-refractivity contribution < 1.29 is 19.4 Å². The molecule has 0 aliphatic rings. The summed E-state index contributed by atoms with van der Waals surface area (Å²) < 4.78 is 5.04. The van der Waals surface area contributed by atoms with Crippen molar-refractivity contribution in [3.8, 4) is 0 Å². The number of carboxylic acid groups (broad SMARTS) is 1. The summed E-state index contributed by atoms with van der Waals surface area (Å²) in [4.78, 5) is 22.8. The van der Waals surface area contributed by atoms with Crippen LogP contribution in [0.2, 0.25) is 5.02 Å². The van der Waals surface area contributed by atoms with E-state index >= 15 is 0 Å². The van der Waals surface area contributed by atoms with Crippen molar-refractivity contribution in [2.75, 3.05) is 12.4 Å². The van der Waals surface area contributed by atoms with Crippen LogP contribution in [0.3, 0.4) is 0 Å². The summed E-state index contributed by atoms with van der Waals surface area (Å²) in [6.07, 6.45) is 0.787. The number of ether oxygens (including phenoxy) is 1. The molecule has 19 heavy (non-hydrogen) atoms. The molecule has 0 fully saturated rings. The topological polar surface area (TPSA) is 75.6 Å². The van der Waals surface area contributed by atoms with Crippen molar-refractivity contribution in [3.63, 3.8) is 0 Å². The lowest BCUT2D eigenvalue weighted by atomic mass is 10.1. The smallest absolute Gasteiger partial charge is 0.339 e. The fraction of sp³-hybridized carbons (Fsp3) is 0.385. The van der Waals surface area contributed by atoms with Gasteiger partial charge in [-0.3, -0.25) is 4.79 Å². The third-order valence-corrected chi connectivity index (χ3v) is 3.00. The summed E-state index contributed by atoms with van der Waals surface area (Å²) in [6, 6.07) is 4.56. The van der Waals surface area contributed by atoms with Gasteiger partial charge in [0.25, 0.3) is 0 Å². The van der Waals surface area contributed by atoms with Crippen LogP contribution >= 0.6 is 11.6 Å². The van der Waals surface area contributed by atoms with E-state index in [4.69, 9.17) is 21.4 Å². The second-order valence-electron chi connectivity index (χ2n) is 4.10. The lowest BCUT2D eigenvalue weighted by molar-refractivity contribution is -0.116. The molecule has 0 aliphatic heterocycles. The fourth-order valence-electron chi connectivity index (χ4n) is 1.51. The van der Waals surface area contributed by atoms with Crippen LogP contribution in [0, 0.1) is 0 Å². The molecular formula is C13H16ClNO4. The molecule has 1 atom stereocenters. The quantitative estimate of drug-likeness (QED) is 0.843. The number of halogens is 1. The van der Waals surface area contributed by atoms with Crippen LogP contribution in [0.15, 0.2) is 18.2 Å². The maximum atomic E-state index is 11.7. The van der Waals surface area contributed by atoms with Gasteiger partial charge in [0.1, 0.15) is 5.56 Å². The van der Waals surface area contributed by atoms with E-state index in [9.17, 15) is 9.59 Å². The van der Waals surface area contributed by atoms with Crippen molar-refractivity contribution in [1.82, 2.24) is 0 Å². The fourth-order valence-corrected chi connectivity index (χ4v) is 1.77. The molecule has 0 spiro atoms. The van der Waals surface area contributed by atoms with Gasteiger partial charge in [0.15, 0.2) is 0 Å². The Kier molecular flexibility index (Phi) is 5.79. The van der Waals surface area contributed by atoms with Gasteiger partial charge in [-0.25, -0.2) is 4.79 Å². The zero-order valence-corrected chi connectivity index (χ0v) is 11.5. The molecule has 1 amide bonds. The number of hydrogen-bond acceptors (Lipinski definition) is 3. The number of anilines is 1. The van der Waals surface area contributed by atoms with E-state index in [0.29, 0.717) is 6.42 Å². The lowest BCUT2D eigenvalue weighted by Crippen LogP contribution is -2.17. The number of carbonyl (C=O) groups is 2. The number of nitrogens with one attached hydrogen (secondary N) is 1. The van der Waals surface area contributed by atoms with Gasteiger partial charge in [-0.2, -0.15) is 0 Å². The number of amides is 1. The first-order chi connectivity index (χ1) is 8.95. The average molecular weight is 286 g/mol. The van der Waals surface area contributed by atoms with Gasteiger partial charge in [0.2, 0.25) is 5.91 Å². The number of hydrogen-bond donors (Lipinski definition) is 2. The summed E-state index contributed by atoms with van der Waals surface area (Å²) in [6.45, 7) is 1.86. The second kappa shape index (κ2) is 7.11. The summed E-state index contributed by atoms with van der Waals surface area (Å²) >= 11 is 5.81. The van der Waals surface area contributed by atoms with E-state index in [0.717, 1.165) is 0 Å². The van der Waals surface area contributed by atoms with Gasteiger partial charge in [-0.1, -0.05) is 17.7 Å². The van der Waals surface area contributed by atoms with E-state index in [1.54, 1.807) is 13.2 Å². The molecule has 1 unspecified atom stereocenters. The lowest BCUT2D eigenvalue weighted by Gasteiger charge is -2.11. The van der Waals surface area contributed by atoms with E-state index in [1.165, 1.54) is 12.1 Å². The number of carbonyl (C=O) groups excluding carboxylic acids is 1. The Bertz CT molecular complexity index is 476. The summed E-state index contributed by atoms with van der Waals surface area (Å²) in [5.41, 5.74) is 0.104. The minimum Gasteiger partial charge on any atom is -0.478 e. The van der Waals surface area contributed by atoms with Crippen LogP contribution < -0.4 is 5.32 Å². The molecule has 0 saturated carbocycles. The van der Waals surface area contributed by atoms with Crippen LogP contribution in [0.4, 0.5) is 5.69 Å². The van der Waals surface area contributed by atoms with Crippen molar-refractivity contribution >= 4 is 29.2 Å². The first-order valence-corrected chi connectivity index (χ1v) is 6.18. The number of methoxy groups -OCH3 is 1. The van der Waals surface area contributed by atoms with Gasteiger partial charge >= 0.3 is 5.97 Å². The van der Waals surface area contributed by atoms with Crippen molar-refractivity contribution in [1.29, 1.82) is 0 Å². The molecule has 2 N–H and O–H groups in total. The highest BCUT2D eigenvalue weighted by Crippen LogP contribution is 2.24. The number of benzene rings is 1. The minimum atomic E-state index is -1.17. The first-order valence-electron chi connectivity index (χ1n) is 5.80. The van der Waals surface area contributed by atoms with Crippen LogP contribution in [0.25, 0.3) is 0 Å². The third kappa shape index (κ3) is 4.54. The Morgan fingerprint density at radius 2 is 2.16 bits per heavy atom. The van der Waals surface area contributed by atoms with E-state index < -0.39 is 5.97 Å². The molecule has 5 nitrogen and oxygen atoms in total. The van der Waals surface area contributed by atoms with Gasteiger partial charge in [-0.05, 0) is 25.5 Å². The van der Waals surface area contributed by atoms with Gasteiger partial charge < -0.3 is 15.2 Å². The van der Waals surface area contributed by atoms with Crippen molar-refractivity contribution in [2.24, 2.45) is 0 Å². The Labute approximate surface area is 116 Å². The highest BCUT2D eigenvalue weighted by Gasteiger charge is 2.16. The summed E-state index contributed by atoms with van der Waals surface area (Å²) in [7, 11) is 1.57. The molecule has 0 bridgehead atoms. The molecule has 1 aromatic rings. The van der Waals surface area contributed by atoms with E-state index in [2.05, 4.69) is 5.32 Å². The Morgan fingerprint density at radius 1 is 1.47 bits per heavy atom. The molecule has 0 radical (unpaired) electrons. The maximum Gasteiger partial charge on any atom is 0.339 e. The molecule has 6 heteroatoms. The highest BCUT2D eigenvalue weighted by molar-refractivity contribution is 6.34. The standard InChI is InChI=1S/C13H16ClNO4/c1-8(19-2)6-7-11(16)15-10-5-3-4-9(14)12(10)13(17)18/h3-5,8H,6-7H2,1-2H3,(H,15,16)(H,17,18). The Balaban J connectivity index is 2.74. The van der Waals surface area contributed by atoms with Crippen LogP contribution in [-0.2, 0) is 9.53 Å². The molecule has 0 aliphatic carbocycles. The molecule has 104 valence electrons. The maximum absolute atomic E-state index is 11.7. The summed E-state index contributed by atoms with van der Waals surface area (Å²) in [5, 5.41) is 11.7. The van der Waals surface area contributed by atoms with Gasteiger partial charge in [0, 0.05) is 13.5 Å². The zero-order valence-electron chi connectivity index (χ0n) is 10.8.